The van der Waals surface area contributed by atoms with E-state index in [2.05, 4.69) is 4.98 Å². The summed E-state index contributed by atoms with van der Waals surface area (Å²) in [5, 5.41) is 10.1. The Morgan fingerprint density at radius 3 is 2.73 bits per heavy atom. The van der Waals surface area contributed by atoms with Gasteiger partial charge in [0.15, 0.2) is 0 Å². The van der Waals surface area contributed by atoms with Crippen LogP contribution in [0.3, 0.4) is 0 Å². The van der Waals surface area contributed by atoms with E-state index < -0.39 is 4.92 Å². The van der Waals surface area contributed by atoms with Crippen molar-refractivity contribution in [3.63, 3.8) is 0 Å². The van der Waals surface area contributed by atoms with Crippen molar-refractivity contribution in [2.45, 2.75) is 0 Å². The number of nitrogens with zero attached hydrogens (tertiary/aromatic N) is 2. The molecule has 0 aliphatic carbocycles. The molecule has 5 heteroatoms. The summed E-state index contributed by atoms with van der Waals surface area (Å²) in [6.07, 6.45) is 1.15. The summed E-state index contributed by atoms with van der Waals surface area (Å²) in [6, 6.07) is 2.78. The van der Waals surface area contributed by atoms with E-state index in [-0.39, 0.29) is 5.69 Å². The molecule has 1 heterocycles. The summed E-state index contributed by atoms with van der Waals surface area (Å²) in [4.78, 5) is 13.3. The van der Waals surface area contributed by atoms with Crippen LogP contribution < -0.4 is 4.74 Å². The van der Waals surface area contributed by atoms with E-state index >= 15 is 0 Å². The highest BCUT2D eigenvalue weighted by molar-refractivity contribution is 5.28. The number of hydrogen-bond donors (Lipinski definition) is 0. The van der Waals surface area contributed by atoms with Gasteiger partial charge in [-0.1, -0.05) is 0 Å². The Morgan fingerprint density at radius 2 is 2.36 bits per heavy atom. The number of rotatable bonds is 2. The first-order valence-corrected chi connectivity index (χ1v) is 2.88. The first-order valence-electron chi connectivity index (χ1n) is 2.88. The van der Waals surface area contributed by atoms with E-state index in [1.165, 1.54) is 19.2 Å². The average molecular weight is 154 g/mol. The first-order chi connectivity index (χ1) is 5.24. The molecule has 5 nitrogen and oxygen atoms in total. The molecule has 0 aliphatic heterocycles. The van der Waals surface area contributed by atoms with Gasteiger partial charge in [-0.15, -0.1) is 0 Å². The van der Waals surface area contributed by atoms with Gasteiger partial charge in [-0.2, -0.15) is 0 Å². The fraction of sp³-hybridized carbons (Fsp3) is 0.167. The average Bonchev–Trinajstić information content (AvgIpc) is 2.05. The molecular weight excluding hydrogens is 148 g/mol. The Bertz CT molecular complexity index is 257. The van der Waals surface area contributed by atoms with Crippen molar-refractivity contribution < 1.29 is 9.66 Å². The molecule has 0 saturated carbocycles. The topological polar surface area (TPSA) is 65.3 Å². The molecule has 0 amide bonds. The molecule has 0 aromatic carbocycles. The molecule has 58 valence electrons. The van der Waals surface area contributed by atoms with E-state index in [1.54, 1.807) is 0 Å². The lowest BCUT2D eigenvalue weighted by atomic mass is 10.4. The van der Waals surface area contributed by atoms with Gasteiger partial charge < -0.3 is 4.74 Å². The molecule has 1 rings (SSSR count). The van der Waals surface area contributed by atoms with Gasteiger partial charge in [0.25, 0.3) is 5.69 Å². The third kappa shape index (κ3) is 1.64. The lowest BCUT2D eigenvalue weighted by Crippen LogP contribution is -1.90. The highest BCUT2D eigenvalue weighted by Crippen LogP contribution is 2.12. The maximum Gasteiger partial charge on any atom is 0.287 e. The van der Waals surface area contributed by atoms with Gasteiger partial charge in [0.1, 0.15) is 6.20 Å². The van der Waals surface area contributed by atoms with Crippen LogP contribution in [0.15, 0.2) is 18.3 Å². The van der Waals surface area contributed by atoms with E-state index in [1.807, 2.05) is 0 Å². The van der Waals surface area contributed by atoms with Crippen LogP contribution in [-0.2, 0) is 0 Å². The Labute approximate surface area is 62.8 Å². The zero-order chi connectivity index (χ0) is 8.27. The lowest BCUT2D eigenvalue weighted by molar-refractivity contribution is -0.385. The van der Waals surface area contributed by atoms with Crippen LogP contribution in [-0.4, -0.2) is 17.0 Å². The van der Waals surface area contributed by atoms with Crippen molar-refractivity contribution in [1.29, 1.82) is 0 Å². The maximum absolute atomic E-state index is 10.1. The van der Waals surface area contributed by atoms with Crippen LogP contribution in [0, 0.1) is 10.1 Å². The summed E-state index contributed by atoms with van der Waals surface area (Å²) in [7, 11) is 1.45. The number of hydrogen-bond acceptors (Lipinski definition) is 4. The second-order valence-electron chi connectivity index (χ2n) is 1.82. The Kier molecular flexibility index (Phi) is 2.00. The Hall–Kier alpha value is -1.65. The molecule has 0 unspecified atom stereocenters. The highest BCUT2D eigenvalue weighted by atomic mass is 16.6. The number of aromatic nitrogens is 1. The zero-order valence-electron chi connectivity index (χ0n) is 5.85. The molecule has 0 aliphatic rings. The summed E-state index contributed by atoms with van der Waals surface area (Å²) in [5.41, 5.74) is -0.0363. The van der Waals surface area contributed by atoms with Crippen LogP contribution >= 0.6 is 0 Å². The maximum atomic E-state index is 10.1. The predicted molar refractivity (Wildman–Crippen MR) is 37.4 cm³/mol. The van der Waals surface area contributed by atoms with E-state index in [9.17, 15) is 10.1 Å². The van der Waals surface area contributed by atoms with Gasteiger partial charge in [-0.25, -0.2) is 4.98 Å². The van der Waals surface area contributed by atoms with Gasteiger partial charge in [0.05, 0.1) is 12.0 Å². The summed E-state index contributed by atoms with van der Waals surface area (Å²) in [6.45, 7) is 0. The predicted octanol–water partition coefficient (Wildman–Crippen LogP) is 0.998. The molecule has 0 fully saturated rings. The third-order valence-electron chi connectivity index (χ3n) is 1.14. The molecule has 0 radical (unpaired) electrons. The number of ether oxygens (including phenoxy) is 1. The SMILES string of the molecule is COc1ccc([N+](=O)[O-])cn1. The molecule has 1 aromatic heterocycles. The second-order valence-corrected chi connectivity index (χ2v) is 1.82. The van der Waals surface area contributed by atoms with E-state index in [0.717, 1.165) is 6.20 Å². The number of methoxy groups -OCH3 is 1. The van der Waals surface area contributed by atoms with Gasteiger partial charge >= 0.3 is 0 Å². The normalized spacial score (nSPS) is 9.18. The van der Waals surface area contributed by atoms with E-state index in [0.29, 0.717) is 5.88 Å². The van der Waals surface area contributed by atoms with Crippen LogP contribution in [0.25, 0.3) is 0 Å². The van der Waals surface area contributed by atoms with Crippen molar-refractivity contribution in [3.05, 3.63) is 28.4 Å². The monoisotopic (exact) mass is 154 g/mol. The Morgan fingerprint density at radius 1 is 1.64 bits per heavy atom. The lowest BCUT2D eigenvalue weighted by Gasteiger charge is -1.94. The van der Waals surface area contributed by atoms with Crippen molar-refractivity contribution in [2.24, 2.45) is 0 Å². The fourth-order valence-corrected chi connectivity index (χ4v) is 0.601. The molecule has 0 bridgehead atoms. The van der Waals surface area contributed by atoms with Crippen LogP contribution in [0.1, 0.15) is 0 Å². The quantitative estimate of drug-likeness (QED) is 0.470. The smallest absolute Gasteiger partial charge is 0.287 e. The van der Waals surface area contributed by atoms with Gasteiger partial charge in [0, 0.05) is 12.1 Å². The minimum absolute atomic E-state index is 0.0363. The van der Waals surface area contributed by atoms with E-state index in [4.69, 9.17) is 4.74 Å². The summed E-state index contributed by atoms with van der Waals surface area (Å²) < 4.78 is 4.72. The van der Waals surface area contributed by atoms with Crippen LogP contribution in [0.4, 0.5) is 5.69 Å². The Balaban J connectivity index is 2.91. The standard InChI is InChI=1S/C6H6N2O3/c1-11-6-3-2-5(4-7-6)8(9)10/h2-4H,1H3. The zero-order valence-corrected chi connectivity index (χ0v) is 5.85. The van der Waals surface area contributed by atoms with Crippen molar-refractivity contribution >= 4 is 5.69 Å². The molecule has 0 spiro atoms. The third-order valence-corrected chi connectivity index (χ3v) is 1.14. The number of pyridine rings is 1. The number of nitro groups is 1. The largest absolute Gasteiger partial charge is 0.481 e. The van der Waals surface area contributed by atoms with Gasteiger partial charge in [0.2, 0.25) is 5.88 Å². The fourth-order valence-electron chi connectivity index (χ4n) is 0.601. The molecule has 0 N–H and O–H groups in total. The molecule has 11 heavy (non-hydrogen) atoms. The molecular formula is C6H6N2O3. The molecule has 1 aromatic rings. The molecule has 0 atom stereocenters. The minimum Gasteiger partial charge on any atom is -0.481 e. The highest BCUT2D eigenvalue weighted by Gasteiger charge is 2.03. The van der Waals surface area contributed by atoms with Gasteiger partial charge in [-0.3, -0.25) is 10.1 Å². The van der Waals surface area contributed by atoms with Crippen LogP contribution in [0.5, 0.6) is 5.88 Å². The van der Waals surface area contributed by atoms with Crippen molar-refractivity contribution in [1.82, 2.24) is 4.98 Å². The first kappa shape index (κ1) is 7.46. The minimum atomic E-state index is -0.508. The second kappa shape index (κ2) is 2.96. The summed E-state index contributed by atoms with van der Waals surface area (Å²) >= 11 is 0. The summed E-state index contributed by atoms with van der Waals surface area (Å²) in [5.74, 6) is 0.371. The van der Waals surface area contributed by atoms with Gasteiger partial charge in [-0.05, 0) is 0 Å². The van der Waals surface area contributed by atoms with Crippen molar-refractivity contribution in [2.75, 3.05) is 7.11 Å². The molecule has 0 saturated heterocycles. The van der Waals surface area contributed by atoms with Crippen LogP contribution in [0.2, 0.25) is 0 Å². The van der Waals surface area contributed by atoms with Crippen molar-refractivity contribution in [3.8, 4) is 5.88 Å².